The Morgan fingerprint density at radius 2 is 1.77 bits per heavy atom. The number of alkyl halides is 3. The molecule has 0 radical (unpaired) electrons. The molecule has 2 amide bonds. The third kappa shape index (κ3) is 4.95. The molecule has 26 heavy (non-hydrogen) atoms. The molecule has 1 aromatic carbocycles. The lowest BCUT2D eigenvalue weighted by Crippen LogP contribution is -2.33. The van der Waals surface area contributed by atoms with Crippen LogP contribution >= 0.6 is 0 Å². The molecule has 0 aliphatic rings. The highest BCUT2D eigenvalue weighted by molar-refractivity contribution is 6.06. The highest BCUT2D eigenvalue weighted by atomic mass is 19.4. The van der Waals surface area contributed by atoms with Crippen LogP contribution in [0.2, 0.25) is 0 Å². The highest BCUT2D eigenvalue weighted by Crippen LogP contribution is 2.16. The molecule has 0 fully saturated rings. The van der Waals surface area contributed by atoms with E-state index in [0.717, 1.165) is 0 Å². The first-order valence-electron chi connectivity index (χ1n) is 7.50. The van der Waals surface area contributed by atoms with Gasteiger partial charge in [-0.25, -0.2) is 0 Å². The van der Waals surface area contributed by atoms with Crippen molar-refractivity contribution in [3.05, 3.63) is 53.3 Å². The van der Waals surface area contributed by atoms with Gasteiger partial charge in [-0.3, -0.25) is 14.4 Å². The molecule has 0 unspecified atom stereocenters. The molecule has 0 atom stereocenters. The largest absolute Gasteiger partial charge is 0.405 e. The third-order valence-corrected chi connectivity index (χ3v) is 3.48. The van der Waals surface area contributed by atoms with Crippen molar-refractivity contribution in [2.75, 3.05) is 11.9 Å². The van der Waals surface area contributed by atoms with E-state index in [1.807, 2.05) is 0 Å². The summed E-state index contributed by atoms with van der Waals surface area (Å²) in [6.45, 7) is -0.0698. The van der Waals surface area contributed by atoms with E-state index in [4.69, 9.17) is 0 Å². The molecule has 0 bridgehead atoms. The summed E-state index contributed by atoms with van der Waals surface area (Å²) in [5.41, 5.74) is 0.809. The number of carbonyl (C=O) groups excluding carboxylic acids is 3. The highest BCUT2D eigenvalue weighted by Gasteiger charge is 2.28. The van der Waals surface area contributed by atoms with Gasteiger partial charge in [-0.1, -0.05) is 6.07 Å². The molecule has 0 saturated heterocycles. The molecule has 0 aliphatic heterocycles. The van der Waals surface area contributed by atoms with Gasteiger partial charge in [-0.05, 0) is 31.2 Å². The van der Waals surface area contributed by atoms with E-state index < -0.39 is 24.5 Å². The second-order valence-corrected chi connectivity index (χ2v) is 5.61. The van der Waals surface area contributed by atoms with E-state index in [-0.39, 0.29) is 22.7 Å². The van der Waals surface area contributed by atoms with Crippen LogP contribution in [-0.4, -0.2) is 34.9 Å². The summed E-state index contributed by atoms with van der Waals surface area (Å²) in [6.07, 6.45) is -3.00. The SMILES string of the molecule is CC(=O)c1cc(C(=O)Nc2cccc(C(=O)NCC(F)(F)F)c2)n(C)c1. The summed E-state index contributed by atoms with van der Waals surface area (Å²) in [5, 5.41) is 4.30. The minimum absolute atomic E-state index is 0.0247. The van der Waals surface area contributed by atoms with E-state index in [1.54, 1.807) is 12.4 Å². The number of ketones is 1. The maximum absolute atomic E-state index is 12.3. The van der Waals surface area contributed by atoms with Gasteiger partial charge in [0.05, 0.1) is 0 Å². The van der Waals surface area contributed by atoms with E-state index in [2.05, 4.69) is 5.32 Å². The number of aryl methyl sites for hydroxylation is 1. The van der Waals surface area contributed by atoms with Gasteiger partial charge >= 0.3 is 6.18 Å². The van der Waals surface area contributed by atoms with Gasteiger partial charge in [0.1, 0.15) is 12.2 Å². The van der Waals surface area contributed by atoms with Gasteiger partial charge in [-0.15, -0.1) is 0 Å². The molecule has 138 valence electrons. The number of benzene rings is 1. The predicted molar refractivity (Wildman–Crippen MR) is 88.2 cm³/mol. The number of carbonyl (C=O) groups is 3. The summed E-state index contributed by atoms with van der Waals surface area (Å²) in [7, 11) is 1.60. The number of halogens is 3. The molecule has 0 saturated carbocycles. The van der Waals surface area contributed by atoms with E-state index >= 15 is 0 Å². The van der Waals surface area contributed by atoms with Crippen molar-refractivity contribution in [3.63, 3.8) is 0 Å². The first-order valence-corrected chi connectivity index (χ1v) is 7.50. The standard InChI is InChI=1S/C17H16F3N3O3/c1-10(24)12-7-14(23(2)8-12)16(26)22-13-5-3-4-11(6-13)15(25)21-9-17(18,19)20/h3-8H,9H2,1-2H3,(H,21,25)(H,22,26). The minimum atomic E-state index is -4.51. The Kier molecular flexibility index (Phi) is 5.49. The van der Waals surface area contributed by atoms with Crippen molar-refractivity contribution in [2.45, 2.75) is 13.1 Å². The van der Waals surface area contributed by atoms with Gasteiger partial charge in [0.25, 0.3) is 11.8 Å². The number of hydrogen-bond donors (Lipinski definition) is 2. The van der Waals surface area contributed by atoms with Crippen molar-refractivity contribution in [2.24, 2.45) is 7.05 Å². The molecule has 2 N–H and O–H groups in total. The molecule has 2 rings (SSSR count). The number of amides is 2. The Labute approximate surface area is 147 Å². The molecule has 1 aromatic heterocycles. The summed E-state index contributed by atoms with van der Waals surface area (Å²) in [4.78, 5) is 35.5. The fraction of sp³-hybridized carbons (Fsp3) is 0.235. The van der Waals surface area contributed by atoms with Gasteiger partial charge < -0.3 is 15.2 Å². The Morgan fingerprint density at radius 1 is 1.08 bits per heavy atom. The van der Waals surface area contributed by atoms with Crippen LogP contribution < -0.4 is 10.6 Å². The quantitative estimate of drug-likeness (QED) is 0.798. The lowest BCUT2D eigenvalue weighted by Gasteiger charge is -2.10. The Bertz CT molecular complexity index is 856. The lowest BCUT2D eigenvalue weighted by atomic mass is 10.2. The molecular weight excluding hydrogens is 351 g/mol. The first-order chi connectivity index (χ1) is 12.1. The summed E-state index contributed by atoms with van der Waals surface area (Å²) >= 11 is 0. The maximum Gasteiger partial charge on any atom is 0.405 e. The van der Waals surface area contributed by atoms with Gasteiger partial charge in [-0.2, -0.15) is 13.2 Å². The Balaban J connectivity index is 2.12. The van der Waals surface area contributed by atoms with Crippen molar-refractivity contribution in [1.82, 2.24) is 9.88 Å². The first kappa shape index (κ1) is 19.2. The van der Waals surface area contributed by atoms with Crippen LogP contribution in [0.3, 0.4) is 0 Å². The van der Waals surface area contributed by atoms with Crippen LogP contribution in [0.15, 0.2) is 36.5 Å². The van der Waals surface area contributed by atoms with Gasteiger partial charge in [0, 0.05) is 30.1 Å². The normalized spacial score (nSPS) is 11.1. The molecule has 9 heteroatoms. The smallest absolute Gasteiger partial charge is 0.346 e. The van der Waals surface area contributed by atoms with Crippen LogP contribution in [0, 0.1) is 0 Å². The zero-order valence-corrected chi connectivity index (χ0v) is 14.0. The van der Waals surface area contributed by atoms with E-state index in [9.17, 15) is 27.6 Å². The summed E-state index contributed by atoms with van der Waals surface area (Å²) in [6, 6.07) is 6.95. The van der Waals surface area contributed by atoms with Crippen LogP contribution in [0.5, 0.6) is 0 Å². The monoisotopic (exact) mass is 367 g/mol. The fourth-order valence-corrected chi connectivity index (χ4v) is 2.20. The van der Waals surface area contributed by atoms with Crippen molar-refractivity contribution in [1.29, 1.82) is 0 Å². The molecule has 0 spiro atoms. The molecule has 1 heterocycles. The number of rotatable bonds is 5. The number of nitrogens with zero attached hydrogens (tertiary/aromatic N) is 1. The van der Waals surface area contributed by atoms with E-state index in [0.29, 0.717) is 5.56 Å². The number of hydrogen-bond acceptors (Lipinski definition) is 3. The summed E-state index contributed by atoms with van der Waals surface area (Å²) < 4.78 is 38.0. The van der Waals surface area contributed by atoms with Gasteiger partial charge in [0.2, 0.25) is 0 Å². The summed E-state index contributed by atoms with van der Waals surface area (Å²) in [5.74, 6) is -1.62. The van der Waals surface area contributed by atoms with Crippen LogP contribution in [0.25, 0.3) is 0 Å². The Morgan fingerprint density at radius 3 is 2.35 bits per heavy atom. The van der Waals surface area contributed by atoms with Crippen LogP contribution in [0.4, 0.5) is 18.9 Å². The number of Topliss-reactive ketones (excluding diaryl/α,β-unsaturated/α-hetero) is 1. The third-order valence-electron chi connectivity index (χ3n) is 3.48. The van der Waals surface area contributed by atoms with Crippen molar-refractivity contribution < 1.29 is 27.6 Å². The van der Waals surface area contributed by atoms with Crippen molar-refractivity contribution in [3.8, 4) is 0 Å². The maximum atomic E-state index is 12.3. The molecule has 2 aromatic rings. The Hall–Kier alpha value is -3.10. The molecule has 6 nitrogen and oxygen atoms in total. The number of aromatic nitrogens is 1. The van der Waals surface area contributed by atoms with Gasteiger partial charge in [0.15, 0.2) is 5.78 Å². The second-order valence-electron chi connectivity index (χ2n) is 5.61. The zero-order chi connectivity index (χ0) is 19.5. The fourth-order valence-electron chi connectivity index (χ4n) is 2.20. The number of nitrogens with one attached hydrogen (secondary N) is 2. The van der Waals surface area contributed by atoms with E-state index in [1.165, 1.54) is 48.0 Å². The molecular formula is C17H16F3N3O3. The topological polar surface area (TPSA) is 80.2 Å². The van der Waals surface area contributed by atoms with Crippen molar-refractivity contribution >= 4 is 23.3 Å². The molecule has 0 aliphatic carbocycles. The minimum Gasteiger partial charge on any atom is -0.346 e. The second kappa shape index (κ2) is 7.42. The predicted octanol–water partition coefficient (Wildman–Crippen LogP) is 2.77. The lowest BCUT2D eigenvalue weighted by molar-refractivity contribution is -0.123. The number of anilines is 1. The average molecular weight is 367 g/mol. The average Bonchev–Trinajstić information content (AvgIpc) is 2.94. The zero-order valence-electron chi connectivity index (χ0n) is 14.0. The van der Waals surface area contributed by atoms with Crippen LogP contribution in [0.1, 0.15) is 38.1 Å². The van der Waals surface area contributed by atoms with Crippen LogP contribution in [-0.2, 0) is 7.05 Å².